The van der Waals surface area contributed by atoms with Crippen molar-refractivity contribution < 1.29 is 26.4 Å². The van der Waals surface area contributed by atoms with Crippen LogP contribution in [0.15, 0.2) is 41.6 Å². The van der Waals surface area contributed by atoms with E-state index in [0.29, 0.717) is 6.07 Å². The van der Waals surface area contributed by atoms with Crippen LogP contribution >= 0.6 is 0 Å². The summed E-state index contributed by atoms with van der Waals surface area (Å²) < 4.78 is 67.0. The van der Waals surface area contributed by atoms with Crippen LogP contribution in [-0.2, 0) is 16.2 Å². The number of carbonyl (C=O) groups excluding carboxylic acids is 1. The van der Waals surface area contributed by atoms with E-state index in [9.17, 15) is 26.4 Å². The van der Waals surface area contributed by atoms with Crippen molar-refractivity contribution in [3.05, 3.63) is 59.0 Å². The maximum absolute atomic E-state index is 13.1. The fourth-order valence-electron chi connectivity index (χ4n) is 2.52. The Morgan fingerprint density at radius 3 is 2.68 bits per heavy atom. The van der Waals surface area contributed by atoms with E-state index in [4.69, 9.17) is 5.26 Å². The maximum atomic E-state index is 13.1. The third-order valence-corrected chi connectivity index (χ3v) is 5.08. The number of benzene rings is 1. The van der Waals surface area contributed by atoms with Gasteiger partial charge in [-0.05, 0) is 31.2 Å². The number of nitriles is 1. The molecule has 8 nitrogen and oxygen atoms in total. The highest BCUT2D eigenvalue weighted by atomic mass is 32.2. The molecule has 0 aliphatic carbocycles. The number of carbonyl (C=O) groups is 1. The van der Waals surface area contributed by atoms with Gasteiger partial charge in [-0.25, -0.2) is 22.6 Å². The lowest BCUT2D eigenvalue weighted by Crippen LogP contribution is -2.31. The van der Waals surface area contributed by atoms with Gasteiger partial charge in [0.1, 0.15) is 5.56 Å². The van der Waals surface area contributed by atoms with Crippen molar-refractivity contribution in [1.29, 1.82) is 5.26 Å². The number of alkyl halides is 3. The molecular weight excluding hydrogens is 399 g/mol. The smallest absolute Gasteiger partial charge is 0.268 e. The fraction of sp³-hybridized carbons (Fsp3) is 0.125. The first-order valence-electron chi connectivity index (χ1n) is 7.53. The van der Waals surface area contributed by atoms with Crippen molar-refractivity contribution in [3.63, 3.8) is 0 Å². The van der Waals surface area contributed by atoms with Crippen molar-refractivity contribution in [3.8, 4) is 6.07 Å². The van der Waals surface area contributed by atoms with Gasteiger partial charge in [-0.1, -0.05) is 0 Å². The summed E-state index contributed by atoms with van der Waals surface area (Å²) in [5, 5.41) is 12.8. The molecule has 0 fully saturated rings. The summed E-state index contributed by atoms with van der Waals surface area (Å²) in [4.78, 5) is 15.6. The van der Waals surface area contributed by atoms with Crippen molar-refractivity contribution in [2.45, 2.75) is 18.0 Å². The van der Waals surface area contributed by atoms with E-state index in [1.165, 1.54) is 29.9 Å². The first-order valence-corrected chi connectivity index (χ1v) is 9.01. The lowest BCUT2D eigenvalue weighted by molar-refractivity contribution is -0.137. The van der Waals surface area contributed by atoms with E-state index in [1.807, 2.05) is 0 Å². The predicted molar refractivity (Wildman–Crippen MR) is 88.5 cm³/mol. The van der Waals surface area contributed by atoms with Gasteiger partial charge in [0.25, 0.3) is 15.9 Å². The van der Waals surface area contributed by atoms with Gasteiger partial charge < -0.3 is 0 Å². The molecule has 3 rings (SSSR count). The van der Waals surface area contributed by atoms with Gasteiger partial charge in [-0.2, -0.15) is 23.5 Å². The number of nitrogens with zero attached hydrogens (tertiary/aromatic N) is 4. The average molecular weight is 409 g/mol. The monoisotopic (exact) mass is 409 g/mol. The van der Waals surface area contributed by atoms with Gasteiger partial charge in [-0.3, -0.25) is 4.79 Å². The Morgan fingerprint density at radius 1 is 1.32 bits per heavy atom. The Balaban J connectivity index is 2.01. The first kappa shape index (κ1) is 19.3. The van der Waals surface area contributed by atoms with Crippen LogP contribution in [0.25, 0.3) is 5.65 Å². The van der Waals surface area contributed by atoms with Crippen molar-refractivity contribution >= 4 is 21.6 Å². The Labute approximate surface area is 156 Å². The summed E-state index contributed by atoms with van der Waals surface area (Å²) in [5.41, 5.74) is -2.01. The highest BCUT2D eigenvalue weighted by molar-refractivity contribution is 7.90. The third-order valence-electron chi connectivity index (χ3n) is 3.75. The number of hydrogen-bond acceptors (Lipinski definition) is 6. The number of nitrogens with one attached hydrogen (secondary N) is 1. The van der Waals surface area contributed by atoms with Crippen molar-refractivity contribution in [2.75, 3.05) is 0 Å². The Hall–Kier alpha value is -3.46. The van der Waals surface area contributed by atoms with Gasteiger partial charge in [0.2, 0.25) is 0 Å². The number of aryl methyl sites for hydroxylation is 1. The van der Waals surface area contributed by atoms with Crippen LogP contribution in [0.2, 0.25) is 0 Å². The van der Waals surface area contributed by atoms with Gasteiger partial charge in [0.05, 0.1) is 27.8 Å². The normalized spacial score (nSPS) is 12.0. The van der Waals surface area contributed by atoms with E-state index in [1.54, 1.807) is 10.8 Å². The molecule has 0 aliphatic heterocycles. The topological polar surface area (TPSA) is 117 Å². The molecule has 1 aromatic carbocycles. The summed E-state index contributed by atoms with van der Waals surface area (Å²) in [6, 6.07) is 4.74. The molecule has 2 aromatic heterocycles. The zero-order valence-electron chi connectivity index (χ0n) is 14.0. The number of rotatable bonds is 3. The number of sulfonamides is 1. The second-order valence-corrected chi connectivity index (χ2v) is 7.28. The second-order valence-electron chi connectivity index (χ2n) is 5.60. The summed E-state index contributed by atoms with van der Waals surface area (Å²) >= 11 is 0. The molecule has 1 amide bonds. The summed E-state index contributed by atoms with van der Waals surface area (Å²) in [6.45, 7) is 1.46. The standard InChI is InChI=1S/C16H10F3N5O3S/c1-9-13(14-21-5-2-6-24(14)22-9)15(25)23-28(26,27)11-4-3-10(8-20)12(7-11)16(17,18)19/h2-7H,1H3,(H,23,25). The largest absolute Gasteiger partial charge is 0.417 e. The highest BCUT2D eigenvalue weighted by Crippen LogP contribution is 2.33. The van der Waals surface area contributed by atoms with Crippen molar-refractivity contribution in [1.82, 2.24) is 19.3 Å². The Bertz CT molecular complexity index is 1240. The highest BCUT2D eigenvalue weighted by Gasteiger charge is 2.35. The van der Waals surface area contributed by atoms with E-state index >= 15 is 0 Å². The molecule has 0 saturated carbocycles. The van der Waals surface area contributed by atoms with Gasteiger partial charge >= 0.3 is 6.18 Å². The predicted octanol–water partition coefficient (Wildman–Crippen LogP) is 2.05. The molecule has 0 saturated heterocycles. The molecule has 3 aromatic rings. The minimum absolute atomic E-state index is 0.0866. The number of aromatic nitrogens is 3. The molecule has 0 bridgehead atoms. The second kappa shape index (κ2) is 6.61. The Morgan fingerprint density at radius 2 is 2.04 bits per heavy atom. The van der Waals surface area contributed by atoms with Crippen LogP contribution in [-0.4, -0.2) is 28.9 Å². The molecule has 0 spiro atoms. The van der Waals surface area contributed by atoms with Gasteiger partial charge in [-0.15, -0.1) is 0 Å². The lowest BCUT2D eigenvalue weighted by atomic mass is 10.1. The van der Waals surface area contributed by atoms with E-state index in [2.05, 4.69) is 10.1 Å². The molecule has 0 atom stereocenters. The van der Waals surface area contributed by atoms with E-state index < -0.39 is 38.1 Å². The number of halogens is 3. The van der Waals surface area contributed by atoms with Crippen molar-refractivity contribution in [2.24, 2.45) is 0 Å². The summed E-state index contributed by atoms with van der Waals surface area (Å²) in [7, 11) is -4.65. The van der Waals surface area contributed by atoms with E-state index in [0.717, 1.165) is 12.1 Å². The van der Waals surface area contributed by atoms with Crippen LogP contribution in [0.3, 0.4) is 0 Å². The summed E-state index contributed by atoms with van der Waals surface area (Å²) in [5.74, 6) is -1.09. The molecule has 2 heterocycles. The molecule has 1 N–H and O–H groups in total. The van der Waals surface area contributed by atoms with Crippen LogP contribution in [0.1, 0.15) is 27.2 Å². The molecule has 28 heavy (non-hydrogen) atoms. The quantitative estimate of drug-likeness (QED) is 0.708. The van der Waals surface area contributed by atoms with Crippen LogP contribution in [0, 0.1) is 18.3 Å². The lowest BCUT2D eigenvalue weighted by Gasteiger charge is -2.12. The summed E-state index contributed by atoms with van der Waals surface area (Å²) in [6.07, 6.45) is -2.07. The molecule has 0 radical (unpaired) electrons. The van der Waals surface area contributed by atoms with Crippen LogP contribution < -0.4 is 4.72 Å². The van der Waals surface area contributed by atoms with Gasteiger partial charge in [0.15, 0.2) is 5.65 Å². The van der Waals surface area contributed by atoms with Crippen LogP contribution in [0.5, 0.6) is 0 Å². The number of amides is 1. The van der Waals surface area contributed by atoms with E-state index in [-0.39, 0.29) is 16.9 Å². The first-order chi connectivity index (χ1) is 13.0. The molecule has 0 unspecified atom stereocenters. The minimum Gasteiger partial charge on any atom is -0.268 e. The minimum atomic E-state index is -4.94. The SMILES string of the molecule is Cc1nn2cccnc2c1C(=O)NS(=O)(=O)c1ccc(C#N)c(C(F)(F)F)c1. The molecular formula is C16H10F3N5O3S. The number of hydrogen-bond donors (Lipinski definition) is 1. The fourth-order valence-corrected chi connectivity index (χ4v) is 3.50. The average Bonchev–Trinajstić information content (AvgIpc) is 2.95. The number of fused-ring (bicyclic) bond motifs is 1. The zero-order chi connectivity index (χ0) is 20.7. The maximum Gasteiger partial charge on any atom is 0.417 e. The molecule has 0 aliphatic rings. The third kappa shape index (κ3) is 3.39. The van der Waals surface area contributed by atoms with Gasteiger partial charge in [0, 0.05) is 12.4 Å². The van der Waals surface area contributed by atoms with Crippen LogP contribution in [0.4, 0.5) is 13.2 Å². The molecule has 144 valence electrons. The molecule has 12 heteroatoms. The zero-order valence-corrected chi connectivity index (χ0v) is 14.8. The Kier molecular flexibility index (Phi) is 4.56.